The first-order valence-corrected chi connectivity index (χ1v) is 3.24. The van der Waals surface area contributed by atoms with Crippen molar-refractivity contribution in [2.75, 3.05) is 0 Å². The van der Waals surface area contributed by atoms with Gasteiger partial charge in [0, 0.05) is 0 Å². The molecule has 0 aromatic heterocycles. The van der Waals surface area contributed by atoms with Gasteiger partial charge >= 0.3 is 0 Å². The zero-order chi connectivity index (χ0) is 5.91. The summed E-state index contributed by atoms with van der Waals surface area (Å²) in [6, 6.07) is 0. The topological polar surface area (TPSA) is 41.1 Å². The summed E-state index contributed by atoms with van der Waals surface area (Å²) in [6.07, 6.45) is 0. The van der Waals surface area contributed by atoms with E-state index >= 15 is 0 Å². The molecule has 0 heterocycles. The second kappa shape index (κ2) is 2.60. The van der Waals surface area contributed by atoms with E-state index in [-0.39, 0.29) is 0 Å². The lowest BCUT2D eigenvalue weighted by molar-refractivity contribution is 0.581. The van der Waals surface area contributed by atoms with Crippen molar-refractivity contribution in [2.45, 2.75) is 0 Å². The van der Waals surface area contributed by atoms with Crippen LogP contribution < -0.4 is 10.00 Å². The summed E-state index contributed by atoms with van der Waals surface area (Å²) in [5.74, 6) is 0. The Hall–Kier alpha value is 0.345. The normalized spacial score (nSPS) is 11.4. The highest BCUT2D eigenvalue weighted by Gasteiger charge is 2.02. The van der Waals surface area contributed by atoms with Crippen LogP contribution in [-0.4, -0.2) is 23.5 Å². The van der Waals surface area contributed by atoms with E-state index in [2.05, 4.69) is 16.0 Å². The summed E-state index contributed by atoms with van der Waals surface area (Å²) in [5.41, 5.74) is 0. The fourth-order valence-electron chi connectivity index (χ4n) is 0.0373. The molecule has 0 aromatic rings. The van der Waals surface area contributed by atoms with Crippen LogP contribution in [-0.2, 0) is 4.57 Å². The third-order valence-electron chi connectivity index (χ3n) is 0.384. The maximum atomic E-state index is 10.3. The Morgan fingerprint density at radius 1 is 1.29 bits per heavy atom. The summed E-state index contributed by atoms with van der Waals surface area (Å²) in [7, 11) is 11.0. The van der Waals surface area contributed by atoms with Crippen LogP contribution in [0.2, 0.25) is 0 Å². The summed E-state index contributed by atoms with van der Waals surface area (Å²) in [5, 5.41) is 0. The van der Waals surface area contributed by atoms with Crippen molar-refractivity contribution < 1.29 is 4.57 Å². The Kier molecular flexibility index (Phi) is 2.73. The van der Waals surface area contributed by atoms with Crippen LogP contribution in [0.4, 0.5) is 0 Å². The zero-order valence-corrected chi connectivity index (χ0v) is 4.48. The van der Waals surface area contributed by atoms with Crippen molar-refractivity contribution in [3.63, 3.8) is 0 Å². The van der Waals surface area contributed by atoms with Gasteiger partial charge in [0.1, 0.15) is 7.32 Å². The van der Waals surface area contributed by atoms with Crippen LogP contribution in [0.3, 0.4) is 0 Å². The average molecular weight is 109 g/mol. The first-order valence-electron chi connectivity index (χ1n) is 1.47. The highest BCUT2D eigenvalue weighted by Crippen LogP contribution is 2.24. The molecular weight excluding hydrogens is 107 g/mol. The van der Waals surface area contributed by atoms with E-state index in [1.165, 1.54) is 0 Å². The molecule has 0 saturated heterocycles. The molecule has 6 radical (unpaired) electrons. The molecule has 7 heteroatoms. The smallest absolute Gasteiger partial charge is 0.204 e. The van der Waals surface area contributed by atoms with E-state index in [1.54, 1.807) is 10.00 Å². The molecule has 0 aromatic carbocycles. The minimum atomic E-state index is -3.10. The number of hydrogen-bond donors (Lipinski definition) is 2. The molecule has 0 saturated carbocycles. The molecule has 0 fully saturated rings. The monoisotopic (exact) mass is 110 g/mol. The largest absolute Gasteiger partial charge is 0.316 e. The Morgan fingerprint density at radius 2 is 1.57 bits per heavy atom. The maximum Gasteiger partial charge on any atom is 0.204 e. The molecule has 0 atom stereocenters. The lowest BCUT2D eigenvalue weighted by atomic mass is 10.5. The molecule has 32 valence electrons. The number of nitrogens with one attached hydrogen (secondary N) is 2. The van der Waals surface area contributed by atoms with Crippen LogP contribution >= 0.6 is 7.32 Å². The van der Waals surface area contributed by atoms with Crippen molar-refractivity contribution in [3.8, 4) is 0 Å². The zero-order valence-electron chi connectivity index (χ0n) is 3.59. The van der Waals surface area contributed by atoms with Crippen LogP contribution in [0.1, 0.15) is 0 Å². The number of rotatable bonds is 2. The Bertz CT molecular complexity index is 84.9. The fraction of sp³-hybridized carbons (Fsp3) is 0. The molecule has 0 spiro atoms. The van der Waals surface area contributed by atoms with E-state index in [9.17, 15) is 4.57 Å². The predicted molar refractivity (Wildman–Crippen MR) is 31.1 cm³/mol. The molecule has 7 heavy (non-hydrogen) atoms. The quantitative estimate of drug-likeness (QED) is 0.339. The van der Waals surface area contributed by atoms with Crippen molar-refractivity contribution in [1.82, 2.24) is 10.00 Å². The van der Waals surface area contributed by atoms with Gasteiger partial charge in [0.2, 0.25) is 7.57 Å². The van der Waals surface area contributed by atoms with Gasteiger partial charge in [-0.2, -0.15) is 0 Å². The third-order valence-corrected chi connectivity index (χ3v) is 1.15. The van der Waals surface area contributed by atoms with E-state index < -0.39 is 7.32 Å². The molecule has 0 aliphatic carbocycles. The van der Waals surface area contributed by atoms with Crippen molar-refractivity contribution >= 4 is 30.9 Å². The van der Waals surface area contributed by atoms with E-state index in [1.807, 2.05) is 0 Å². The van der Waals surface area contributed by atoms with Crippen LogP contribution in [0.5, 0.6) is 0 Å². The SMILES string of the molecule is [B]NP([B])(=O)N[B]. The van der Waals surface area contributed by atoms with Crippen LogP contribution in [0.15, 0.2) is 0 Å². The minimum Gasteiger partial charge on any atom is -0.316 e. The highest BCUT2D eigenvalue weighted by molar-refractivity contribution is 7.85. The highest BCUT2D eigenvalue weighted by atomic mass is 31.2. The van der Waals surface area contributed by atoms with Gasteiger partial charge in [-0.3, -0.25) is 0 Å². The lowest BCUT2D eigenvalue weighted by Crippen LogP contribution is -2.17. The molecule has 0 bridgehead atoms. The molecule has 0 aliphatic rings. The Labute approximate surface area is 46.3 Å². The molecule has 0 unspecified atom stereocenters. The van der Waals surface area contributed by atoms with E-state index in [0.29, 0.717) is 0 Å². The van der Waals surface area contributed by atoms with Gasteiger partial charge in [-0.1, -0.05) is 0 Å². The molecular formula is H2B3N2OP. The van der Waals surface area contributed by atoms with Gasteiger partial charge in [0.15, 0.2) is 16.0 Å². The van der Waals surface area contributed by atoms with Crippen molar-refractivity contribution in [3.05, 3.63) is 0 Å². The van der Waals surface area contributed by atoms with Gasteiger partial charge in [-0.15, -0.1) is 0 Å². The molecule has 2 N–H and O–H groups in total. The van der Waals surface area contributed by atoms with Crippen LogP contribution in [0, 0.1) is 0 Å². The second-order valence-corrected chi connectivity index (χ2v) is 2.75. The van der Waals surface area contributed by atoms with Gasteiger partial charge in [-0.05, 0) is 0 Å². The standard InChI is InChI=1S/B3H2N2OP/c1-4-7(3,6)5-2/h(H2,4,5,6). The Balaban J connectivity index is 3.61. The second-order valence-electron chi connectivity index (χ2n) is 0.916. The predicted octanol–water partition coefficient (Wildman–Crippen LogP) is -1.39. The van der Waals surface area contributed by atoms with Gasteiger partial charge < -0.3 is 14.6 Å². The summed E-state index contributed by atoms with van der Waals surface area (Å²) < 4.78 is 10.3. The van der Waals surface area contributed by atoms with Crippen molar-refractivity contribution in [1.29, 1.82) is 0 Å². The maximum absolute atomic E-state index is 10.3. The minimum absolute atomic E-state index is 1.79. The third kappa shape index (κ3) is 2.98. The number of hydrogen-bond acceptors (Lipinski definition) is 1. The summed E-state index contributed by atoms with van der Waals surface area (Å²) in [6.45, 7) is 0. The molecule has 3 nitrogen and oxygen atoms in total. The first-order chi connectivity index (χ1) is 3.12. The average Bonchev–Trinajstić information content (AvgIpc) is 1.68. The van der Waals surface area contributed by atoms with Gasteiger partial charge in [-0.25, -0.2) is 0 Å². The molecule has 0 aliphatic heterocycles. The van der Waals surface area contributed by atoms with E-state index in [0.717, 1.165) is 0 Å². The lowest BCUT2D eigenvalue weighted by Gasteiger charge is -2.09. The Morgan fingerprint density at radius 3 is 1.57 bits per heavy atom. The molecule has 0 rings (SSSR count). The molecule has 0 amide bonds. The summed E-state index contributed by atoms with van der Waals surface area (Å²) >= 11 is 0. The summed E-state index contributed by atoms with van der Waals surface area (Å²) in [4.78, 5) is 3.58. The first kappa shape index (κ1) is 7.34. The van der Waals surface area contributed by atoms with Gasteiger partial charge in [0.05, 0.1) is 0 Å². The fourth-order valence-corrected chi connectivity index (χ4v) is 0.112. The van der Waals surface area contributed by atoms with Crippen LogP contribution in [0.25, 0.3) is 0 Å². The van der Waals surface area contributed by atoms with Gasteiger partial charge in [0.25, 0.3) is 0 Å². The van der Waals surface area contributed by atoms with E-state index in [4.69, 9.17) is 7.57 Å². The van der Waals surface area contributed by atoms with Crippen molar-refractivity contribution in [2.24, 2.45) is 0 Å².